The zero-order chi connectivity index (χ0) is 21.6. The predicted octanol–water partition coefficient (Wildman–Crippen LogP) is 2.80. The molecule has 0 unspecified atom stereocenters. The summed E-state index contributed by atoms with van der Waals surface area (Å²) in [5, 5.41) is 13.4. The summed E-state index contributed by atoms with van der Waals surface area (Å²) < 4.78 is 20.5. The van der Waals surface area contributed by atoms with Crippen molar-refractivity contribution in [3.63, 3.8) is 0 Å². The van der Waals surface area contributed by atoms with Gasteiger partial charge in [-0.1, -0.05) is 0 Å². The maximum atomic E-state index is 12.4. The highest BCUT2D eigenvalue weighted by molar-refractivity contribution is 5.98. The van der Waals surface area contributed by atoms with Crippen molar-refractivity contribution in [3.05, 3.63) is 52.1 Å². The first-order chi connectivity index (χ1) is 13.8. The van der Waals surface area contributed by atoms with Crippen LogP contribution < -0.4 is 19.5 Å². The van der Waals surface area contributed by atoms with Gasteiger partial charge in [0.05, 0.1) is 37.5 Å². The fraction of sp³-hybridized carbons (Fsp3) is 0.263. The highest BCUT2D eigenvalue weighted by Gasteiger charge is 2.22. The van der Waals surface area contributed by atoms with Gasteiger partial charge in [0, 0.05) is 12.1 Å². The molecule has 29 heavy (non-hydrogen) atoms. The van der Waals surface area contributed by atoms with Crippen LogP contribution >= 0.6 is 0 Å². The SMILES string of the molecule is COc1ccc([N+](=O)[O-])cc1NC(=O)[C@@H](C)OC(=O)c1ccc(OC)c(OC)c1. The number of rotatable bonds is 8. The molecule has 1 atom stereocenters. The first-order valence-corrected chi connectivity index (χ1v) is 8.37. The number of anilines is 1. The third kappa shape index (κ3) is 5.12. The molecular formula is C19H20N2O8. The number of amides is 1. The Labute approximate surface area is 166 Å². The van der Waals surface area contributed by atoms with Crippen LogP contribution in [0.25, 0.3) is 0 Å². The van der Waals surface area contributed by atoms with Crippen LogP contribution in [0.5, 0.6) is 17.2 Å². The van der Waals surface area contributed by atoms with E-state index in [1.807, 2.05) is 0 Å². The third-order valence-corrected chi connectivity index (χ3v) is 3.92. The number of hydrogen-bond donors (Lipinski definition) is 1. The lowest BCUT2D eigenvalue weighted by Gasteiger charge is -2.15. The number of methoxy groups -OCH3 is 3. The molecule has 10 nitrogen and oxygen atoms in total. The summed E-state index contributed by atoms with van der Waals surface area (Å²) in [5.41, 5.74) is 0.0204. The van der Waals surface area contributed by atoms with Crippen molar-refractivity contribution in [2.75, 3.05) is 26.6 Å². The average Bonchev–Trinajstić information content (AvgIpc) is 2.72. The van der Waals surface area contributed by atoms with Crippen molar-refractivity contribution in [3.8, 4) is 17.2 Å². The van der Waals surface area contributed by atoms with Gasteiger partial charge in [0.2, 0.25) is 0 Å². The fourth-order valence-electron chi connectivity index (χ4n) is 2.39. The molecule has 1 amide bonds. The molecule has 0 aromatic heterocycles. The van der Waals surface area contributed by atoms with Gasteiger partial charge in [0.15, 0.2) is 17.6 Å². The Kier molecular flexibility index (Phi) is 6.96. The number of nitro groups is 1. The quantitative estimate of drug-likeness (QED) is 0.404. The van der Waals surface area contributed by atoms with Crippen LogP contribution in [0.1, 0.15) is 17.3 Å². The molecular weight excluding hydrogens is 384 g/mol. The van der Waals surface area contributed by atoms with Gasteiger partial charge in [-0.3, -0.25) is 14.9 Å². The molecule has 2 rings (SSSR count). The molecule has 0 bridgehead atoms. The van der Waals surface area contributed by atoms with Crippen molar-refractivity contribution >= 4 is 23.3 Å². The van der Waals surface area contributed by atoms with Crippen molar-refractivity contribution in [2.24, 2.45) is 0 Å². The predicted molar refractivity (Wildman–Crippen MR) is 103 cm³/mol. The smallest absolute Gasteiger partial charge is 0.339 e. The van der Waals surface area contributed by atoms with Gasteiger partial charge in [-0.15, -0.1) is 0 Å². The zero-order valence-corrected chi connectivity index (χ0v) is 16.3. The molecule has 0 heterocycles. The Hall–Kier alpha value is -3.82. The van der Waals surface area contributed by atoms with Crippen LogP contribution in [0.15, 0.2) is 36.4 Å². The molecule has 0 spiro atoms. The third-order valence-electron chi connectivity index (χ3n) is 3.92. The van der Waals surface area contributed by atoms with Gasteiger partial charge in [0.1, 0.15) is 5.75 Å². The van der Waals surface area contributed by atoms with Crippen LogP contribution in [0.2, 0.25) is 0 Å². The number of nitrogens with one attached hydrogen (secondary N) is 1. The Balaban J connectivity index is 2.12. The summed E-state index contributed by atoms with van der Waals surface area (Å²) in [4.78, 5) is 35.1. The molecule has 0 saturated carbocycles. The van der Waals surface area contributed by atoms with Crippen LogP contribution in [0.4, 0.5) is 11.4 Å². The molecule has 10 heteroatoms. The highest BCUT2D eigenvalue weighted by atomic mass is 16.6. The summed E-state index contributed by atoms with van der Waals surface area (Å²) in [6.45, 7) is 1.37. The largest absolute Gasteiger partial charge is 0.495 e. The maximum Gasteiger partial charge on any atom is 0.339 e. The molecule has 0 aliphatic heterocycles. The lowest BCUT2D eigenvalue weighted by Crippen LogP contribution is -2.30. The molecule has 0 saturated heterocycles. The number of esters is 1. The minimum atomic E-state index is -1.18. The fourth-order valence-corrected chi connectivity index (χ4v) is 2.39. The number of non-ortho nitro benzene ring substituents is 1. The summed E-state index contributed by atoms with van der Waals surface area (Å²) in [6, 6.07) is 8.18. The summed E-state index contributed by atoms with van der Waals surface area (Å²) >= 11 is 0. The Morgan fingerprint density at radius 1 is 0.966 bits per heavy atom. The number of nitro benzene ring substituents is 1. The van der Waals surface area contributed by atoms with Gasteiger partial charge in [-0.25, -0.2) is 4.79 Å². The second-order valence-corrected chi connectivity index (χ2v) is 5.75. The summed E-state index contributed by atoms with van der Waals surface area (Å²) in [6.07, 6.45) is -1.18. The van der Waals surface area contributed by atoms with E-state index in [2.05, 4.69) is 5.32 Å². The molecule has 1 N–H and O–H groups in total. The minimum Gasteiger partial charge on any atom is -0.495 e. The molecule has 154 valence electrons. The number of nitrogens with zero attached hydrogens (tertiary/aromatic N) is 1. The maximum absolute atomic E-state index is 12.4. The topological polar surface area (TPSA) is 126 Å². The Bertz CT molecular complexity index is 928. The standard InChI is InChI=1S/C19H20N2O8/c1-11(29-19(23)12-5-7-16(27-3)17(9-12)28-4)18(22)20-14-10-13(21(24)25)6-8-15(14)26-2/h5-11H,1-4H3,(H,20,22)/t11-/m1/s1. The normalized spacial score (nSPS) is 11.2. The van der Waals surface area contributed by atoms with Gasteiger partial charge >= 0.3 is 5.97 Å². The Morgan fingerprint density at radius 3 is 2.17 bits per heavy atom. The number of carbonyl (C=O) groups is 2. The van der Waals surface area contributed by atoms with E-state index in [-0.39, 0.29) is 22.7 Å². The van der Waals surface area contributed by atoms with E-state index in [1.54, 1.807) is 0 Å². The van der Waals surface area contributed by atoms with Crippen LogP contribution in [0.3, 0.4) is 0 Å². The minimum absolute atomic E-state index is 0.0840. The molecule has 0 radical (unpaired) electrons. The van der Waals surface area contributed by atoms with E-state index >= 15 is 0 Å². The first kappa shape index (κ1) is 21.5. The summed E-state index contributed by atoms with van der Waals surface area (Å²) in [5.74, 6) is -0.437. The highest BCUT2D eigenvalue weighted by Crippen LogP contribution is 2.30. The molecule has 0 aliphatic carbocycles. The van der Waals surface area contributed by atoms with Crippen molar-refractivity contribution in [1.29, 1.82) is 0 Å². The van der Waals surface area contributed by atoms with E-state index < -0.39 is 22.9 Å². The van der Waals surface area contributed by atoms with Crippen molar-refractivity contribution in [2.45, 2.75) is 13.0 Å². The first-order valence-electron chi connectivity index (χ1n) is 8.37. The van der Waals surface area contributed by atoms with Gasteiger partial charge in [-0.05, 0) is 31.2 Å². The van der Waals surface area contributed by atoms with Crippen molar-refractivity contribution in [1.82, 2.24) is 0 Å². The number of carbonyl (C=O) groups excluding carboxylic acids is 2. The van der Waals surface area contributed by atoms with Crippen LogP contribution in [-0.2, 0) is 9.53 Å². The molecule has 2 aromatic carbocycles. The number of ether oxygens (including phenoxy) is 4. The van der Waals surface area contributed by atoms with Gasteiger partial charge < -0.3 is 24.3 Å². The molecule has 0 aliphatic rings. The van der Waals surface area contributed by atoms with Crippen LogP contribution in [-0.4, -0.2) is 44.2 Å². The van der Waals surface area contributed by atoms with Crippen molar-refractivity contribution < 1.29 is 33.5 Å². The van der Waals surface area contributed by atoms with Crippen LogP contribution in [0, 0.1) is 10.1 Å². The van der Waals surface area contributed by atoms with E-state index in [9.17, 15) is 19.7 Å². The second kappa shape index (κ2) is 9.40. The Morgan fingerprint density at radius 2 is 1.59 bits per heavy atom. The zero-order valence-electron chi connectivity index (χ0n) is 16.3. The van der Waals surface area contributed by atoms with E-state index in [0.29, 0.717) is 11.5 Å². The monoisotopic (exact) mass is 404 g/mol. The number of benzene rings is 2. The second-order valence-electron chi connectivity index (χ2n) is 5.75. The van der Waals surface area contributed by atoms with Gasteiger partial charge in [0.25, 0.3) is 11.6 Å². The van der Waals surface area contributed by atoms with E-state index in [4.69, 9.17) is 18.9 Å². The average molecular weight is 404 g/mol. The summed E-state index contributed by atoms with van der Waals surface area (Å²) in [7, 11) is 4.25. The van der Waals surface area contributed by atoms with Gasteiger partial charge in [-0.2, -0.15) is 0 Å². The lowest BCUT2D eigenvalue weighted by atomic mass is 10.2. The van der Waals surface area contributed by atoms with E-state index in [1.165, 1.54) is 58.6 Å². The number of hydrogen-bond acceptors (Lipinski definition) is 8. The molecule has 2 aromatic rings. The van der Waals surface area contributed by atoms with E-state index in [0.717, 1.165) is 6.07 Å². The molecule has 0 fully saturated rings. The lowest BCUT2D eigenvalue weighted by molar-refractivity contribution is -0.384.